The summed E-state index contributed by atoms with van der Waals surface area (Å²) in [4.78, 5) is 34.7. The van der Waals surface area contributed by atoms with E-state index in [1.165, 1.54) is 12.6 Å². The van der Waals surface area contributed by atoms with Crippen molar-refractivity contribution in [2.24, 2.45) is 5.92 Å². The van der Waals surface area contributed by atoms with E-state index in [9.17, 15) is 9.59 Å². The number of aromatic nitrogens is 2. The van der Waals surface area contributed by atoms with Gasteiger partial charge in [0, 0.05) is 25.5 Å². The molecule has 2 aromatic heterocycles. The number of likely N-dealkylation sites (tertiary alicyclic amines) is 1. The van der Waals surface area contributed by atoms with Gasteiger partial charge >= 0.3 is 0 Å². The first-order valence-corrected chi connectivity index (χ1v) is 7.59. The fourth-order valence-electron chi connectivity index (χ4n) is 3.45. The van der Waals surface area contributed by atoms with Crippen molar-refractivity contribution in [2.45, 2.75) is 24.9 Å². The number of hydrogen-bond donors (Lipinski definition) is 1. The molecule has 118 valence electrons. The van der Waals surface area contributed by atoms with Gasteiger partial charge in [0.25, 0.3) is 5.91 Å². The number of oxazole rings is 1. The maximum absolute atomic E-state index is 12.7. The highest BCUT2D eigenvalue weighted by Crippen LogP contribution is 2.56. The zero-order chi connectivity index (χ0) is 15.9. The molecule has 1 aliphatic heterocycles. The number of fused-ring (bicyclic) bond motifs is 1. The van der Waals surface area contributed by atoms with Gasteiger partial charge in [0.2, 0.25) is 11.7 Å². The number of piperidine rings is 1. The Bertz CT molecular complexity index is 731. The lowest BCUT2D eigenvalue weighted by atomic mass is 10.1. The Morgan fingerprint density at radius 2 is 2.30 bits per heavy atom. The van der Waals surface area contributed by atoms with E-state index in [0.717, 1.165) is 12.0 Å². The van der Waals surface area contributed by atoms with Crippen LogP contribution in [-0.4, -0.2) is 38.8 Å². The maximum atomic E-state index is 12.7. The fourth-order valence-corrected chi connectivity index (χ4v) is 3.45. The molecule has 2 atom stereocenters. The third-order valence-electron chi connectivity index (χ3n) is 4.71. The Morgan fingerprint density at radius 1 is 1.39 bits per heavy atom. The molecule has 7 nitrogen and oxygen atoms in total. The number of nitrogens with zero attached hydrogens (tertiary/aromatic N) is 3. The summed E-state index contributed by atoms with van der Waals surface area (Å²) in [7, 11) is 0. The van der Waals surface area contributed by atoms with E-state index in [0.29, 0.717) is 19.5 Å². The minimum Gasteiger partial charge on any atom is -0.438 e. The Kier molecular flexibility index (Phi) is 3.14. The van der Waals surface area contributed by atoms with Crippen molar-refractivity contribution < 1.29 is 14.0 Å². The molecule has 4 rings (SSSR count). The van der Waals surface area contributed by atoms with Crippen molar-refractivity contribution >= 4 is 11.8 Å². The smallest absolute Gasteiger partial charge is 0.292 e. The van der Waals surface area contributed by atoms with E-state index >= 15 is 0 Å². The van der Waals surface area contributed by atoms with E-state index in [-0.39, 0.29) is 23.5 Å². The molecular weight excluding hydrogens is 296 g/mol. The minimum atomic E-state index is -0.716. The summed E-state index contributed by atoms with van der Waals surface area (Å²) in [5.41, 5.74) is 0.215. The van der Waals surface area contributed by atoms with Crippen molar-refractivity contribution in [1.29, 1.82) is 0 Å². The Balaban J connectivity index is 1.48. The normalized spacial score (nSPS) is 25.0. The molecular formula is C16H16N4O3. The molecule has 1 saturated carbocycles. The standard InChI is InChI=1S/C16H16N4O3/c21-14(13-9-18-10-23-13)20-5-3-12-6-16(12,20)15(22)19-8-11-2-1-4-17-7-11/h1-2,4,7,9-10,12H,3,5-6,8H2,(H,19,22). The predicted molar refractivity (Wildman–Crippen MR) is 79.1 cm³/mol. The van der Waals surface area contributed by atoms with Crippen molar-refractivity contribution in [3.63, 3.8) is 0 Å². The van der Waals surface area contributed by atoms with Crippen LogP contribution in [0.25, 0.3) is 0 Å². The number of rotatable bonds is 4. The van der Waals surface area contributed by atoms with Crippen LogP contribution in [0.2, 0.25) is 0 Å². The van der Waals surface area contributed by atoms with Gasteiger partial charge in [-0.1, -0.05) is 6.07 Å². The summed E-state index contributed by atoms with van der Waals surface area (Å²) in [5, 5.41) is 2.93. The third-order valence-corrected chi connectivity index (χ3v) is 4.71. The Morgan fingerprint density at radius 3 is 3.00 bits per heavy atom. The number of pyridine rings is 1. The first-order valence-electron chi connectivity index (χ1n) is 7.59. The summed E-state index contributed by atoms with van der Waals surface area (Å²) < 4.78 is 5.09. The van der Waals surface area contributed by atoms with Crippen molar-refractivity contribution in [2.75, 3.05) is 6.54 Å². The molecule has 1 aliphatic carbocycles. The molecule has 3 heterocycles. The van der Waals surface area contributed by atoms with Gasteiger partial charge in [-0.2, -0.15) is 0 Å². The lowest BCUT2D eigenvalue weighted by Gasteiger charge is -2.26. The minimum absolute atomic E-state index is 0.100. The number of carbonyl (C=O) groups is 2. The zero-order valence-corrected chi connectivity index (χ0v) is 12.4. The quantitative estimate of drug-likeness (QED) is 0.909. The van der Waals surface area contributed by atoms with Gasteiger partial charge in [0.05, 0.1) is 6.20 Å². The monoisotopic (exact) mass is 312 g/mol. The summed E-state index contributed by atoms with van der Waals surface area (Å²) in [6.45, 7) is 0.982. The molecule has 0 spiro atoms. The van der Waals surface area contributed by atoms with Crippen LogP contribution in [0.1, 0.15) is 29.0 Å². The second kappa shape index (κ2) is 5.19. The third kappa shape index (κ3) is 2.19. The zero-order valence-electron chi connectivity index (χ0n) is 12.4. The van der Waals surface area contributed by atoms with E-state index in [4.69, 9.17) is 4.42 Å². The largest absolute Gasteiger partial charge is 0.438 e. The number of amides is 2. The first kappa shape index (κ1) is 13.9. The highest BCUT2D eigenvalue weighted by Gasteiger charge is 2.68. The van der Waals surface area contributed by atoms with Gasteiger partial charge < -0.3 is 14.6 Å². The van der Waals surface area contributed by atoms with Crippen LogP contribution in [0.5, 0.6) is 0 Å². The molecule has 2 fully saturated rings. The molecule has 2 amide bonds. The second-order valence-corrected chi connectivity index (χ2v) is 5.98. The molecule has 0 bridgehead atoms. The summed E-state index contributed by atoms with van der Waals surface area (Å²) in [5.74, 6) is 0.0519. The fraction of sp³-hybridized carbons (Fsp3) is 0.375. The molecule has 0 aromatic carbocycles. The SMILES string of the molecule is O=C(c1cnco1)N1CCC2CC21C(=O)NCc1cccnc1. The summed E-state index contributed by atoms with van der Waals surface area (Å²) in [6.07, 6.45) is 7.58. The van der Waals surface area contributed by atoms with Gasteiger partial charge in [-0.15, -0.1) is 0 Å². The first-order chi connectivity index (χ1) is 11.2. The summed E-state index contributed by atoms with van der Waals surface area (Å²) in [6, 6.07) is 3.73. The van der Waals surface area contributed by atoms with Gasteiger partial charge in [0.15, 0.2) is 6.39 Å². The maximum Gasteiger partial charge on any atom is 0.292 e. The molecule has 1 saturated heterocycles. The van der Waals surface area contributed by atoms with Gasteiger partial charge in [0.1, 0.15) is 5.54 Å². The van der Waals surface area contributed by atoms with Crippen molar-refractivity contribution in [1.82, 2.24) is 20.2 Å². The molecule has 2 aromatic rings. The van der Waals surface area contributed by atoms with E-state index in [2.05, 4.69) is 15.3 Å². The second-order valence-electron chi connectivity index (χ2n) is 5.98. The number of hydrogen-bond acceptors (Lipinski definition) is 5. The highest BCUT2D eigenvalue weighted by molar-refractivity contribution is 6.00. The number of carbonyl (C=O) groups excluding carboxylic acids is 2. The van der Waals surface area contributed by atoms with Gasteiger partial charge in [-0.3, -0.25) is 14.6 Å². The Hall–Kier alpha value is -2.70. The predicted octanol–water partition coefficient (Wildman–Crippen LogP) is 0.991. The van der Waals surface area contributed by atoms with E-state index < -0.39 is 5.54 Å². The van der Waals surface area contributed by atoms with Crippen LogP contribution < -0.4 is 5.32 Å². The topological polar surface area (TPSA) is 88.3 Å². The van der Waals surface area contributed by atoms with Crippen LogP contribution in [-0.2, 0) is 11.3 Å². The van der Waals surface area contributed by atoms with Gasteiger partial charge in [-0.25, -0.2) is 4.98 Å². The van der Waals surface area contributed by atoms with Crippen molar-refractivity contribution in [3.05, 3.63) is 48.4 Å². The molecule has 7 heteroatoms. The van der Waals surface area contributed by atoms with Gasteiger partial charge in [-0.05, 0) is 30.4 Å². The van der Waals surface area contributed by atoms with Crippen LogP contribution in [0.4, 0.5) is 0 Å². The van der Waals surface area contributed by atoms with Crippen LogP contribution in [0.3, 0.4) is 0 Å². The molecule has 23 heavy (non-hydrogen) atoms. The average Bonchev–Trinajstić information content (AvgIpc) is 2.97. The summed E-state index contributed by atoms with van der Waals surface area (Å²) >= 11 is 0. The van der Waals surface area contributed by atoms with Crippen molar-refractivity contribution in [3.8, 4) is 0 Å². The molecule has 0 radical (unpaired) electrons. The molecule has 1 N–H and O–H groups in total. The Labute approximate surface area is 132 Å². The van der Waals surface area contributed by atoms with Crippen LogP contribution >= 0.6 is 0 Å². The van der Waals surface area contributed by atoms with Crippen LogP contribution in [0, 0.1) is 5.92 Å². The lowest BCUT2D eigenvalue weighted by Crippen LogP contribution is -2.50. The average molecular weight is 312 g/mol. The molecule has 2 aliphatic rings. The van der Waals surface area contributed by atoms with E-state index in [1.54, 1.807) is 17.3 Å². The molecule has 2 unspecified atom stereocenters. The van der Waals surface area contributed by atoms with E-state index in [1.807, 2.05) is 12.1 Å². The van der Waals surface area contributed by atoms with Crippen LogP contribution in [0.15, 0.2) is 41.5 Å². The number of nitrogens with one attached hydrogen (secondary N) is 1. The lowest BCUT2D eigenvalue weighted by molar-refractivity contribution is -0.126. The highest BCUT2D eigenvalue weighted by atomic mass is 16.3.